The number of hydrogen-bond donors (Lipinski definition) is 0. The van der Waals surface area contributed by atoms with E-state index in [1.807, 2.05) is 13.8 Å². The molecule has 0 aromatic carbocycles. The smallest absolute Gasteiger partial charge is 0.166 e. The van der Waals surface area contributed by atoms with Crippen molar-refractivity contribution in [2.24, 2.45) is 0 Å². The summed E-state index contributed by atoms with van der Waals surface area (Å²) >= 11 is 9.93. The maximum absolute atomic E-state index is 11.3. The average Bonchev–Trinajstić information content (AvgIpc) is 2.02. The van der Waals surface area contributed by atoms with Crippen LogP contribution < -0.4 is 0 Å². The van der Waals surface area contributed by atoms with Crippen LogP contribution in [0.2, 0.25) is 0 Å². The Bertz CT molecular complexity index is 188. The maximum atomic E-state index is 11.3. The lowest BCUT2D eigenvalue weighted by molar-refractivity contribution is -0.0911. The zero-order chi connectivity index (χ0) is 11.1. The molecule has 0 fully saturated rings. The molecule has 0 saturated carbocycles. The van der Waals surface area contributed by atoms with Crippen LogP contribution in [-0.4, -0.2) is 6.18 Å². The van der Waals surface area contributed by atoms with Gasteiger partial charge in [0, 0.05) is 16.6 Å². The lowest BCUT2D eigenvalue weighted by Crippen LogP contribution is -2.07. The van der Waals surface area contributed by atoms with Gasteiger partial charge in [0.1, 0.15) is 0 Å². The molecule has 0 radical (unpaired) electrons. The summed E-state index contributed by atoms with van der Waals surface area (Å²) in [6.07, 6.45) is -4.26. The third kappa shape index (κ3) is 11.9. The van der Waals surface area contributed by atoms with E-state index in [0.717, 1.165) is 12.5 Å². The molecule has 0 spiro atoms. The van der Waals surface area contributed by atoms with Crippen molar-refractivity contribution in [1.82, 2.24) is 0 Å². The van der Waals surface area contributed by atoms with Crippen LogP contribution in [0.25, 0.3) is 0 Å². The molecule has 0 nitrogen and oxygen atoms in total. The van der Waals surface area contributed by atoms with Gasteiger partial charge in [-0.25, -0.2) is 0 Å². The Morgan fingerprint density at radius 2 is 1.31 bits per heavy atom. The predicted octanol–water partition coefficient (Wildman–Crippen LogP) is 4.84. The van der Waals surface area contributed by atoms with Crippen LogP contribution in [-0.2, 0) is 0 Å². The molecule has 0 aromatic rings. The van der Waals surface area contributed by atoms with E-state index < -0.39 is 11.7 Å². The summed E-state index contributed by atoms with van der Waals surface area (Å²) in [5.74, 6) is 0. The van der Waals surface area contributed by atoms with E-state index in [9.17, 15) is 13.2 Å². The fourth-order valence-corrected chi connectivity index (χ4v) is 0.186. The Labute approximate surface area is 86.0 Å². The lowest BCUT2D eigenvalue weighted by Gasteiger charge is -2.02. The fourth-order valence-electron chi connectivity index (χ4n) is 0.0619. The minimum atomic E-state index is -4.26. The number of alkyl halides is 3. The van der Waals surface area contributed by atoms with Crippen LogP contribution in [0.15, 0.2) is 22.2 Å². The van der Waals surface area contributed by atoms with E-state index in [1.54, 1.807) is 5.54 Å². The first-order chi connectivity index (χ1) is 5.75. The topological polar surface area (TPSA) is 0 Å². The molecule has 0 bridgehead atoms. The Hall–Kier alpha value is -0.150. The molecule has 13 heavy (non-hydrogen) atoms. The molecule has 0 aromatic heterocycles. The first-order valence-corrected chi connectivity index (χ1v) is 4.20. The maximum Gasteiger partial charge on any atom is 0.413 e. The normalized spacial score (nSPS) is 11.5. The van der Waals surface area contributed by atoms with Gasteiger partial charge in [0.25, 0.3) is 0 Å². The molecule has 0 aliphatic carbocycles. The first-order valence-electron chi connectivity index (χ1n) is 3.33. The average molecular weight is 235 g/mol. The van der Waals surface area contributed by atoms with Gasteiger partial charge in [-0.3, -0.25) is 0 Å². The number of hydrogen-bond acceptors (Lipinski definition) is 0. The molecule has 78 valence electrons. The van der Waals surface area contributed by atoms with Gasteiger partial charge in [0.2, 0.25) is 0 Å². The van der Waals surface area contributed by atoms with E-state index >= 15 is 0 Å². The number of rotatable bonds is 0. The molecule has 0 amide bonds. The Morgan fingerprint density at radius 3 is 1.31 bits per heavy atom. The van der Waals surface area contributed by atoms with Crippen LogP contribution in [0.5, 0.6) is 0 Å². The highest BCUT2D eigenvalue weighted by Crippen LogP contribution is 2.24. The molecule has 0 atom stereocenters. The first kappa shape index (κ1) is 15.3. The van der Waals surface area contributed by atoms with Crippen molar-refractivity contribution < 1.29 is 13.2 Å². The van der Waals surface area contributed by atoms with Crippen molar-refractivity contribution in [2.45, 2.75) is 26.9 Å². The number of halogens is 5. The second-order valence-electron chi connectivity index (χ2n) is 2.48. The van der Waals surface area contributed by atoms with Crippen LogP contribution in [0, 0.1) is 0 Å². The molecule has 0 rings (SSSR count). The second-order valence-corrected chi connectivity index (χ2v) is 2.91. The van der Waals surface area contributed by atoms with Gasteiger partial charge >= 0.3 is 6.18 Å². The molecule has 0 aliphatic heterocycles. The summed E-state index contributed by atoms with van der Waals surface area (Å²) in [6.45, 7) is 4.81. The van der Waals surface area contributed by atoms with E-state index in [4.69, 9.17) is 23.2 Å². The highest BCUT2D eigenvalue weighted by atomic mass is 35.5. The summed E-state index contributed by atoms with van der Waals surface area (Å²) in [6, 6.07) is 0. The van der Waals surface area contributed by atoms with Crippen molar-refractivity contribution in [2.75, 3.05) is 0 Å². The monoisotopic (exact) mass is 234 g/mol. The summed E-state index contributed by atoms with van der Waals surface area (Å²) < 4.78 is 33.9. The molecule has 0 unspecified atom stereocenters. The Kier molecular flexibility index (Phi) is 8.57. The number of allylic oxidation sites excluding steroid dienone is 2. The fraction of sp³-hybridized carbons (Fsp3) is 0.500. The second kappa shape index (κ2) is 7.27. The van der Waals surface area contributed by atoms with E-state index in [0.29, 0.717) is 5.54 Å². The van der Waals surface area contributed by atoms with Gasteiger partial charge in [-0.2, -0.15) is 13.2 Å². The SMILES string of the molecule is C/C(=C/Cl)C(F)(F)F.CC(C)=CCl. The molecule has 0 aliphatic rings. The summed E-state index contributed by atoms with van der Waals surface area (Å²) in [4.78, 5) is 0. The minimum absolute atomic E-state index is 0.514. The summed E-state index contributed by atoms with van der Waals surface area (Å²) in [7, 11) is 0. The Morgan fingerprint density at radius 1 is 1.00 bits per heavy atom. The van der Waals surface area contributed by atoms with E-state index in [2.05, 4.69) is 0 Å². The van der Waals surface area contributed by atoms with Crippen LogP contribution in [0.4, 0.5) is 13.2 Å². The van der Waals surface area contributed by atoms with Gasteiger partial charge in [-0.15, -0.1) is 0 Å². The van der Waals surface area contributed by atoms with Crippen LogP contribution >= 0.6 is 23.2 Å². The van der Waals surface area contributed by atoms with Crippen LogP contribution in [0.3, 0.4) is 0 Å². The van der Waals surface area contributed by atoms with E-state index in [1.165, 1.54) is 0 Å². The third-order valence-corrected chi connectivity index (χ3v) is 1.59. The third-order valence-electron chi connectivity index (χ3n) is 0.829. The predicted molar refractivity (Wildman–Crippen MR) is 50.9 cm³/mol. The molecular weight excluding hydrogens is 224 g/mol. The van der Waals surface area contributed by atoms with Gasteiger partial charge < -0.3 is 0 Å². The van der Waals surface area contributed by atoms with Crippen molar-refractivity contribution >= 4 is 23.2 Å². The van der Waals surface area contributed by atoms with Gasteiger partial charge in [0.15, 0.2) is 0 Å². The van der Waals surface area contributed by atoms with E-state index in [-0.39, 0.29) is 0 Å². The van der Waals surface area contributed by atoms with Gasteiger partial charge in [0.05, 0.1) is 0 Å². The zero-order valence-corrected chi connectivity index (χ0v) is 9.06. The van der Waals surface area contributed by atoms with Crippen molar-refractivity contribution in [3.05, 3.63) is 22.2 Å². The summed E-state index contributed by atoms with van der Waals surface area (Å²) in [5.41, 5.74) is 2.44. The van der Waals surface area contributed by atoms with Crippen molar-refractivity contribution in [1.29, 1.82) is 0 Å². The molecular formula is C8H11Cl2F3. The lowest BCUT2D eigenvalue weighted by atomic mass is 10.3. The van der Waals surface area contributed by atoms with Crippen LogP contribution in [0.1, 0.15) is 20.8 Å². The van der Waals surface area contributed by atoms with Gasteiger partial charge in [-0.05, 0) is 20.8 Å². The quantitative estimate of drug-likeness (QED) is 0.563. The van der Waals surface area contributed by atoms with Crippen molar-refractivity contribution in [3.63, 3.8) is 0 Å². The molecule has 0 heterocycles. The largest absolute Gasteiger partial charge is 0.413 e. The Balaban J connectivity index is 0. The molecule has 0 N–H and O–H groups in total. The summed E-state index contributed by atoms with van der Waals surface area (Å²) in [5, 5.41) is 0. The molecule has 5 heteroatoms. The zero-order valence-electron chi connectivity index (χ0n) is 7.54. The molecule has 0 saturated heterocycles. The van der Waals surface area contributed by atoms with Gasteiger partial charge in [-0.1, -0.05) is 28.8 Å². The van der Waals surface area contributed by atoms with Crippen molar-refractivity contribution in [3.8, 4) is 0 Å². The highest BCUT2D eigenvalue weighted by molar-refractivity contribution is 6.25. The standard InChI is InChI=1S/C4H4ClF3.C4H7Cl/c1-3(2-5)4(6,7)8;1-4(2)3-5/h2H,1H3;3H,1-2H3/b3-2-;. The highest BCUT2D eigenvalue weighted by Gasteiger charge is 2.29. The minimum Gasteiger partial charge on any atom is -0.166 e.